The van der Waals surface area contributed by atoms with Crippen LogP contribution in [0.3, 0.4) is 0 Å². The van der Waals surface area contributed by atoms with Gasteiger partial charge in [-0.05, 0) is 49.7 Å². The number of para-hydroxylation sites is 2. The van der Waals surface area contributed by atoms with E-state index in [1.807, 2.05) is 53.7 Å². The Morgan fingerprint density at radius 3 is 2.56 bits per heavy atom. The normalized spacial score (nSPS) is 17.8. The van der Waals surface area contributed by atoms with Gasteiger partial charge >= 0.3 is 0 Å². The average molecular weight is 422 g/mol. The molecule has 0 atom stereocenters. The molecule has 4 aromatic rings. The van der Waals surface area contributed by atoms with Crippen LogP contribution in [0.5, 0.6) is 0 Å². The first-order valence-corrected chi connectivity index (χ1v) is 11.0. The van der Waals surface area contributed by atoms with Crippen LogP contribution in [0.15, 0.2) is 79.4 Å². The molecule has 6 rings (SSSR count). The maximum Gasteiger partial charge on any atom is 0.242 e. The third kappa shape index (κ3) is 2.99. The first-order valence-electron chi connectivity index (χ1n) is 11.0. The number of nitrogens with zero attached hydrogens (tertiary/aromatic N) is 5. The van der Waals surface area contributed by atoms with Crippen LogP contribution in [0.25, 0.3) is 10.9 Å². The highest BCUT2D eigenvalue weighted by atomic mass is 16.2. The number of pyridine rings is 1. The summed E-state index contributed by atoms with van der Waals surface area (Å²) in [5, 5.41) is 1.04. The fourth-order valence-corrected chi connectivity index (χ4v) is 5.17. The first-order chi connectivity index (χ1) is 15.7. The van der Waals surface area contributed by atoms with Crippen molar-refractivity contribution >= 4 is 28.2 Å². The van der Waals surface area contributed by atoms with Crippen LogP contribution in [0.4, 0.5) is 11.4 Å². The minimum atomic E-state index is -0.485. The van der Waals surface area contributed by atoms with Crippen LogP contribution in [-0.4, -0.2) is 38.8 Å². The Morgan fingerprint density at radius 2 is 1.72 bits per heavy atom. The van der Waals surface area contributed by atoms with E-state index >= 15 is 0 Å². The molecule has 2 aliphatic rings. The summed E-state index contributed by atoms with van der Waals surface area (Å²) in [4.78, 5) is 31.4. The van der Waals surface area contributed by atoms with Crippen LogP contribution in [0.1, 0.15) is 24.1 Å². The minimum absolute atomic E-state index is 0.162. The lowest BCUT2D eigenvalue weighted by molar-refractivity contribution is -0.124. The number of aromatic nitrogens is 3. The van der Waals surface area contributed by atoms with Crippen molar-refractivity contribution in [2.45, 2.75) is 24.8 Å². The van der Waals surface area contributed by atoms with Crippen molar-refractivity contribution in [2.75, 3.05) is 18.0 Å². The highest BCUT2D eigenvalue weighted by Gasteiger charge is 2.52. The van der Waals surface area contributed by atoms with E-state index in [2.05, 4.69) is 38.1 Å². The molecule has 0 N–H and O–H groups in total. The van der Waals surface area contributed by atoms with E-state index in [1.54, 1.807) is 12.4 Å². The number of benzene rings is 2. The van der Waals surface area contributed by atoms with Gasteiger partial charge in [-0.2, -0.15) is 0 Å². The van der Waals surface area contributed by atoms with Crippen molar-refractivity contribution in [3.05, 3.63) is 90.6 Å². The van der Waals surface area contributed by atoms with E-state index in [4.69, 9.17) is 0 Å². The second-order valence-corrected chi connectivity index (χ2v) is 8.60. The maximum atomic E-state index is 14.0. The zero-order chi connectivity index (χ0) is 21.5. The molecule has 4 heterocycles. The molecule has 0 radical (unpaired) electrons. The Labute approximate surface area is 186 Å². The van der Waals surface area contributed by atoms with Crippen molar-refractivity contribution in [1.82, 2.24) is 19.9 Å². The fraction of sp³-hybridized carbons (Fsp3) is 0.231. The minimum Gasteiger partial charge on any atom is -0.297 e. The zero-order valence-corrected chi connectivity index (χ0v) is 17.7. The molecule has 2 aliphatic heterocycles. The van der Waals surface area contributed by atoms with Gasteiger partial charge < -0.3 is 0 Å². The van der Waals surface area contributed by atoms with Crippen LogP contribution < -0.4 is 4.90 Å². The summed E-state index contributed by atoms with van der Waals surface area (Å²) in [6.07, 6.45) is 8.64. The number of carbonyl (C=O) groups is 1. The summed E-state index contributed by atoms with van der Waals surface area (Å²) in [6.45, 7) is 2.46. The number of piperidine rings is 1. The third-order valence-electron chi connectivity index (χ3n) is 6.82. The van der Waals surface area contributed by atoms with Gasteiger partial charge in [0.05, 0.1) is 34.2 Å². The van der Waals surface area contributed by atoms with Gasteiger partial charge in [-0.1, -0.05) is 36.4 Å². The molecule has 0 saturated carbocycles. The summed E-state index contributed by atoms with van der Waals surface area (Å²) >= 11 is 0. The zero-order valence-electron chi connectivity index (χ0n) is 17.7. The molecule has 0 bridgehead atoms. The van der Waals surface area contributed by atoms with Crippen LogP contribution in [0.2, 0.25) is 0 Å². The molecule has 2 aromatic carbocycles. The topological polar surface area (TPSA) is 62.2 Å². The molecule has 32 heavy (non-hydrogen) atoms. The summed E-state index contributed by atoms with van der Waals surface area (Å²) < 4.78 is 0. The highest BCUT2D eigenvalue weighted by molar-refractivity contribution is 6.13. The van der Waals surface area contributed by atoms with E-state index in [9.17, 15) is 4.79 Å². The number of amides is 1. The predicted molar refractivity (Wildman–Crippen MR) is 124 cm³/mol. The second-order valence-electron chi connectivity index (χ2n) is 8.60. The molecule has 2 aromatic heterocycles. The third-order valence-corrected chi connectivity index (χ3v) is 6.82. The van der Waals surface area contributed by atoms with Crippen LogP contribution >= 0.6 is 0 Å². The van der Waals surface area contributed by atoms with Gasteiger partial charge in [-0.3, -0.25) is 29.5 Å². The van der Waals surface area contributed by atoms with Gasteiger partial charge in [-0.25, -0.2) is 0 Å². The molecule has 6 heteroatoms. The molecule has 158 valence electrons. The molecular formula is C26H23N5O. The number of rotatable bonds is 3. The lowest BCUT2D eigenvalue weighted by Crippen LogP contribution is -2.47. The molecule has 6 nitrogen and oxygen atoms in total. The van der Waals surface area contributed by atoms with Gasteiger partial charge in [0.2, 0.25) is 5.91 Å². The predicted octanol–water partition coefficient (Wildman–Crippen LogP) is 4.24. The molecule has 0 aliphatic carbocycles. The van der Waals surface area contributed by atoms with E-state index in [0.717, 1.165) is 66.0 Å². The van der Waals surface area contributed by atoms with Gasteiger partial charge in [0.15, 0.2) is 0 Å². The van der Waals surface area contributed by atoms with Crippen molar-refractivity contribution in [2.24, 2.45) is 0 Å². The van der Waals surface area contributed by atoms with E-state index < -0.39 is 5.41 Å². The first kappa shape index (κ1) is 19.1. The van der Waals surface area contributed by atoms with Gasteiger partial charge in [0, 0.05) is 30.5 Å². The van der Waals surface area contributed by atoms with Crippen molar-refractivity contribution in [1.29, 1.82) is 0 Å². The lowest BCUT2D eigenvalue weighted by Gasteiger charge is -2.38. The Kier molecular flexibility index (Phi) is 4.47. The second kappa shape index (κ2) is 7.50. The van der Waals surface area contributed by atoms with E-state index in [-0.39, 0.29) is 5.91 Å². The van der Waals surface area contributed by atoms with Crippen molar-refractivity contribution < 1.29 is 4.79 Å². The van der Waals surface area contributed by atoms with Crippen LogP contribution in [-0.2, 0) is 16.8 Å². The average Bonchev–Trinajstić information content (AvgIpc) is 3.09. The van der Waals surface area contributed by atoms with Crippen molar-refractivity contribution in [3.8, 4) is 0 Å². The van der Waals surface area contributed by atoms with Crippen molar-refractivity contribution in [3.63, 3.8) is 0 Å². The monoisotopic (exact) mass is 421 g/mol. The highest BCUT2D eigenvalue weighted by Crippen LogP contribution is 2.50. The Balaban J connectivity index is 1.33. The number of likely N-dealkylation sites (tertiary alicyclic amines) is 1. The summed E-state index contributed by atoms with van der Waals surface area (Å²) in [5.41, 5.74) is 4.36. The number of anilines is 2. The van der Waals surface area contributed by atoms with Gasteiger partial charge in [0.25, 0.3) is 0 Å². The fourth-order valence-electron chi connectivity index (χ4n) is 5.17. The SMILES string of the molecule is O=C1N(c2cnc3ccccc3c2)c2ccccc2C12CCN(Cc1cnccn1)CC2. The van der Waals surface area contributed by atoms with Crippen LogP contribution in [0, 0.1) is 0 Å². The Morgan fingerprint density at radius 1 is 0.906 bits per heavy atom. The maximum absolute atomic E-state index is 14.0. The number of fused-ring (bicyclic) bond motifs is 3. The summed E-state index contributed by atoms with van der Waals surface area (Å²) in [7, 11) is 0. The molecule has 1 spiro atoms. The summed E-state index contributed by atoms with van der Waals surface area (Å²) in [5.74, 6) is 0.162. The molecule has 1 amide bonds. The smallest absolute Gasteiger partial charge is 0.242 e. The standard InChI is InChI=1S/C26H23N5O/c32-25-26(9-13-30(14-10-26)18-20-16-27-11-12-28-20)22-6-2-4-8-24(22)31(25)21-15-19-5-1-3-7-23(19)29-17-21/h1-8,11-12,15-17H,9-10,13-14,18H2. The number of carbonyl (C=O) groups excluding carboxylic acids is 1. The number of hydrogen-bond acceptors (Lipinski definition) is 5. The van der Waals surface area contributed by atoms with Gasteiger partial charge in [-0.15, -0.1) is 0 Å². The van der Waals surface area contributed by atoms with E-state index in [1.165, 1.54) is 0 Å². The molecule has 0 unspecified atom stereocenters. The number of hydrogen-bond donors (Lipinski definition) is 0. The largest absolute Gasteiger partial charge is 0.297 e. The summed E-state index contributed by atoms with van der Waals surface area (Å²) in [6, 6.07) is 18.3. The molecule has 1 fully saturated rings. The Hall–Kier alpha value is -3.64. The molecule has 1 saturated heterocycles. The lowest BCUT2D eigenvalue weighted by atomic mass is 9.73. The van der Waals surface area contributed by atoms with Gasteiger partial charge in [0.1, 0.15) is 0 Å². The van der Waals surface area contributed by atoms with E-state index in [0.29, 0.717) is 0 Å². The quantitative estimate of drug-likeness (QED) is 0.495. The molecular weight excluding hydrogens is 398 g/mol. The Bertz CT molecular complexity index is 1300.